The molecule has 5 nitrogen and oxygen atoms in total. The van der Waals surface area contributed by atoms with E-state index in [2.05, 4.69) is 10.6 Å². The van der Waals surface area contributed by atoms with Gasteiger partial charge in [0.1, 0.15) is 0 Å². The second-order valence-corrected chi connectivity index (χ2v) is 4.24. The van der Waals surface area contributed by atoms with Crippen LogP contribution in [0.25, 0.3) is 0 Å². The van der Waals surface area contributed by atoms with Gasteiger partial charge in [0.25, 0.3) is 0 Å². The summed E-state index contributed by atoms with van der Waals surface area (Å²) in [4.78, 5) is 11.6. The molecule has 1 aromatic carbocycles. The van der Waals surface area contributed by atoms with E-state index in [0.29, 0.717) is 5.02 Å². The van der Waals surface area contributed by atoms with Gasteiger partial charge in [0.2, 0.25) is 0 Å². The fourth-order valence-electron chi connectivity index (χ4n) is 1.71. The van der Waals surface area contributed by atoms with Gasteiger partial charge < -0.3 is 11.1 Å². The Morgan fingerprint density at radius 1 is 1.33 bits per heavy atom. The van der Waals surface area contributed by atoms with E-state index in [0.717, 1.165) is 29.7 Å². The highest BCUT2D eigenvalue weighted by Gasteiger charge is 2.11. The fourth-order valence-corrected chi connectivity index (χ4v) is 1.97. The number of rotatable bonds is 3. The summed E-state index contributed by atoms with van der Waals surface area (Å²) in [7, 11) is 0. The summed E-state index contributed by atoms with van der Waals surface area (Å²) in [5, 5.41) is 12.6. The first-order valence-corrected chi connectivity index (χ1v) is 6.09. The quantitative estimate of drug-likeness (QED) is 0.501. The standard InChI is InChI=1S/C12H17ClN4O/c1-3-7-5-9(13)6-8(4-2)10(7)16-12(18)17-11(14)15/h5-6H,3-4H2,1-2H3,(H5,14,15,16,17,18). The van der Waals surface area contributed by atoms with Gasteiger partial charge in [-0.05, 0) is 36.1 Å². The Morgan fingerprint density at radius 2 is 1.83 bits per heavy atom. The van der Waals surface area contributed by atoms with Gasteiger partial charge in [0.15, 0.2) is 5.96 Å². The number of benzene rings is 1. The smallest absolute Gasteiger partial charge is 0.325 e. The molecular weight excluding hydrogens is 252 g/mol. The Hall–Kier alpha value is -1.75. The molecule has 18 heavy (non-hydrogen) atoms. The Labute approximate surface area is 111 Å². The normalized spacial score (nSPS) is 9.94. The van der Waals surface area contributed by atoms with E-state index >= 15 is 0 Å². The Bertz CT molecular complexity index is 448. The monoisotopic (exact) mass is 268 g/mol. The summed E-state index contributed by atoms with van der Waals surface area (Å²) in [6, 6.07) is 3.13. The molecule has 0 saturated carbocycles. The molecule has 0 aromatic heterocycles. The topological polar surface area (TPSA) is 91.0 Å². The lowest BCUT2D eigenvalue weighted by atomic mass is 10.0. The highest BCUT2D eigenvalue weighted by molar-refractivity contribution is 6.30. The zero-order chi connectivity index (χ0) is 13.7. The Kier molecular flexibility index (Phi) is 4.97. The van der Waals surface area contributed by atoms with Crippen molar-refractivity contribution in [2.24, 2.45) is 5.73 Å². The first-order valence-electron chi connectivity index (χ1n) is 5.71. The number of carbonyl (C=O) groups is 1. The third kappa shape index (κ3) is 3.63. The average molecular weight is 269 g/mol. The number of amides is 2. The second-order valence-electron chi connectivity index (χ2n) is 3.80. The summed E-state index contributed by atoms with van der Waals surface area (Å²) in [5.74, 6) is -0.391. The molecule has 0 fully saturated rings. The van der Waals surface area contributed by atoms with Gasteiger partial charge in [0.05, 0.1) is 0 Å². The molecule has 1 aromatic rings. The van der Waals surface area contributed by atoms with E-state index in [1.807, 2.05) is 26.0 Å². The fraction of sp³-hybridized carbons (Fsp3) is 0.333. The van der Waals surface area contributed by atoms with Gasteiger partial charge in [-0.1, -0.05) is 25.4 Å². The minimum Gasteiger partial charge on any atom is -0.370 e. The molecule has 0 aliphatic heterocycles. The van der Waals surface area contributed by atoms with Gasteiger partial charge in [-0.2, -0.15) is 0 Å². The Balaban J connectivity index is 3.05. The minimum atomic E-state index is -0.519. The van der Waals surface area contributed by atoms with Crippen molar-refractivity contribution in [1.29, 1.82) is 5.41 Å². The van der Waals surface area contributed by atoms with Crippen LogP contribution in [0.4, 0.5) is 10.5 Å². The Morgan fingerprint density at radius 3 is 2.22 bits per heavy atom. The van der Waals surface area contributed by atoms with Gasteiger partial charge in [0, 0.05) is 10.7 Å². The van der Waals surface area contributed by atoms with Crippen LogP contribution in [0.2, 0.25) is 5.02 Å². The van der Waals surface area contributed by atoms with Crippen LogP contribution in [-0.2, 0) is 12.8 Å². The van der Waals surface area contributed by atoms with Crippen molar-refractivity contribution in [3.63, 3.8) is 0 Å². The van der Waals surface area contributed by atoms with Crippen molar-refractivity contribution in [3.05, 3.63) is 28.3 Å². The van der Waals surface area contributed by atoms with Crippen LogP contribution < -0.4 is 16.4 Å². The number of halogens is 1. The van der Waals surface area contributed by atoms with Crippen LogP contribution in [0.15, 0.2) is 12.1 Å². The highest BCUT2D eigenvalue weighted by atomic mass is 35.5. The van der Waals surface area contributed by atoms with Crippen molar-refractivity contribution in [2.75, 3.05) is 5.32 Å². The third-order valence-corrected chi connectivity index (χ3v) is 2.73. The molecule has 0 atom stereocenters. The SMILES string of the molecule is CCc1cc(Cl)cc(CC)c1NC(=O)NC(=N)N. The van der Waals surface area contributed by atoms with E-state index in [1.165, 1.54) is 0 Å². The maximum atomic E-state index is 11.6. The predicted molar refractivity (Wildman–Crippen MR) is 74.3 cm³/mol. The van der Waals surface area contributed by atoms with Crippen LogP contribution in [0, 0.1) is 5.41 Å². The van der Waals surface area contributed by atoms with Crippen LogP contribution >= 0.6 is 11.6 Å². The van der Waals surface area contributed by atoms with Crippen molar-refractivity contribution in [2.45, 2.75) is 26.7 Å². The van der Waals surface area contributed by atoms with Crippen LogP contribution in [-0.4, -0.2) is 12.0 Å². The van der Waals surface area contributed by atoms with Crippen molar-refractivity contribution >= 4 is 29.3 Å². The molecule has 0 unspecified atom stereocenters. The van der Waals surface area contributed by atoms with Gasteiger partial charge in [-0.3, -0.25) is 10.7 Å². The lowest BCUT2D eigenvalue weighted by Gasteiger charge is -2.15. The van der Waals surface area contributed by atoms with E-state index in [9.17, 15) is 4.79 Å². The zero-order valence-corrected chi connectivity index (χ0v) is 11.2. The predicted octanol–water partition coefficient (Wildman–Crippen LogP) is 2.48. The molecule has 1 rings (SSSR count). The molecule has 0 saturated heterocycles. The number of anilines is 1. The molecule has 0 aliphatic carbocycles. The summed E-state index contributed by atoms with van der Waals surface area (Å²) in [6.07, 6.45) is 1.51. The van der Waals surface area contributed by atoms with E-state index in [-0.39, 0.29) is 0 Å². The molecule has 0 aliphatic rings. The zero-order valence-electron chi connectivity index (χ0n) is 10.4. The number of nitrogens with two attached hydrogens (primary N) is 1. The lowest BCUT2D eigenvalue weighted by Crippen LogP contribution is -2.39. The number of urea groups is 1. The summed E-state index contributed by atoms with van der Waals surface area (Å²) < 4.78 is 0. The molecule has 6 heteroatoms. The average Bonchev–Trinajstić information content (AvgIpc) is 2.29. The van der Waals surface area contributed by atoms with Crippen molar-refractivity contribution < 1.29 is 4.79 Å². The molecule has 5 N–H and O–H groups in total. The molecule has 0 bridgehead atoms. The number of guanidine groups is 1. The number of nitrogens with one attached hydrogen (secondary N) is 3. The molecular formula is C12H17ClN4O. The first-order chi connectivity index (χ1) is 8.47. The third-order valence-electron chi connectivity index (χ3n) is 2.51. The van der Waals surface area contributed by atoms with Crippen molar-refractivity contribution in [3.8, 4) is 0 Å². The second kappa shape index (κ2) is 6.26. The summed E-state index contributed by atoms with van der Waals surface area (Å²) in [5.41, 5.74) is 7.75. The molecule has 0 spiro atoms. The number of hydrogen-bond donors (Lipinski definition) is 4. The molecule has 0 heterocycles. The van der Waals surface area contributed by atoms with Crippen LogP contribution in [0.5, 0.6) is 0 Å². The number of aryl methyl sites for hydroxylation is 2. The van der Waals surface area contributed by atoms with Gasteiger partial charge in [-0.25, -0.2) is 4.79 Å². The highest BCUT2D eigenvalue weighted by Crippen LogP contribution is 2.27. The van der Waals surface area contributed by atoms with Gasteiger partial charge >= 0.3 is 6.03 Å². The maximum Gasteiger partial charge on any atom is 0.325 e. The lowest BCUT2D eigenvalue weighted by molar-refractivity contribution is 0.256. The van der Waals surface area contributed by atoms with Gasteiger partial charge in [-0.15, -0.1) is 0 Å². The summed E-state index contributed by atoms with van der Waals surface area (Å²) >= 11 is 6.02. The molecule has 0 radical (unpaired) electrons. The first kappa shape index (κ1) is 14.3. The van der Waals surface area contributed by atoms with E-state index in [4.69, 9.17) is 22.7 Å². The van der Waals surface area contributed by atoms with Crippen LogP contribution in [0.1, 0.15) is 25.0 Å². The number of carbonyl (C=O) groups excluding carboxylic acids is 1. The van der Waals surface area contributed by atoms with E-state index < -0.39 is 12.0 Å². The minimum absolute atomic E-state index is 0.391. The maximum absolute atomic E-state index is 11.6. The number of hydrogen-bond acceptors (Lipinski definition) is 2. The van der Waals surface area contributed by atoms with Crippen LogP contribution in [0.3, 0.4) is 0 Å². The van der Waals surface area contributed by atoms with Crippen molar-refractivity contribution in [1.82, 2.24) is 5.32 Å². The summed E-state index contributed by atoms with van der Waals surface area (Å²) in [6.45, 7) is 3.97. The van der Waals surface area contributed by atoms with E-state index in [1.54, 1.807) is 0 Å². The molecule has 98 valence electrons. The molecule has 2 amide bonds. The largest absolute Gasteiger partial charge is 0.370 e.